The van der Waals surface area contributed by atoms with Gasteiger partial charge in [-0.2, -0.15) is 4.37 Å². The molecule has 0 saturated heterocycles. The number of nitrogens with zero attached hydrogens (tertiary/aromatic N) is 4. The van der Waals surface area contributed by atoms with Crippen molar-refractivity contribution in [1.82, 2.24) is 18.9 Å². The predicted octanol–water partition coefficient (Wildman–Crippen LogP) is 3.41. The molecular formula is C20H22N6OS. The van der Waals surface area contributed by atoms with Crippen LogP contribution in [0.1, 0.15) is 43.0 Å². The van der Waals surface area contributed by atoms with Gasteiger partial charge in [0.1, 0.15) is 10.8 Å². The summed E-state index contributed by atoms with van der Waals surface area (Å²) in [4.78, 5) is 21.0. The Hall–Kier alpha value is -2.74. The zero-order chi connectivity index (χ0) is 18.9. The Morgan fingerprint density at radius 1 is 1.04 bits per heavy atom. The summed E-state index contributed by atoms with van der Waals surface area (Å²) in [5, 5.41) is 8.17. The molecule has 28 heavy (non-hydrogen) atoms. The zero-order valence-corrected chi connectivity index (χ0v) is 16.2. The van der Waals surface area contributed by atoms with Crippen molar-refractivity contribution in [3.05, 3.63) is 58.1 Å². The Bertz CT molecular complexity index is 1010. The first kappa shape index (κ1) is 17.4. The third-order valence-electron chi connectivity index (χ3n) is 5.33. The number of hydrogen-bond acceptors (Lipinski definition) is 7. The highest BCUT2D eigenvalue weighted by atomic mass is 32.1. The lowest BCUT2D eigenvalue weighted by molar-refractivity contribution is 0.718. The van der Waals surface area contributed by atoms with E-state index in [2.05, 4.69) is 25.0 Å². The Labute approximate surface area is 167 Å². The molecule has 2 aliphatic rings. The molecule has 0 radical (unpaired) electrons. The molecule has 3 aromatic rings. The van der Waals surface area contributed by atoms with Crippen LogP contribution in [0.15, 0.2) is 47.5 Å². The number of nitrogens with one attached hydrogen (secondary N) is 2. The van der Waals surface area contributed by atoms with Crippen molar-refractivity contribution in [3.63, 3.8) is 0 Å². The Morgan fingerprint density at radius 3 is 2.64 bits per heavy atom. The van der Waals surface area contributed by atoms with Crippen LogP contribution < -0.4 is 16.2 Å². The van der Waals surface area contributed by atoms with Crippen LogP contribution >= 0.6 is 11.5 Å². The fraction of sp³-hybridized carbons (Fsp3) is 0.400. The third kappa shape index (κ3) is 3.77. The van der Waals surface area contributed by atoms with Crippen LogP contribution in [0.2, 0.25) is 0 Å². The Balaban J connectivity index is 1.17. The summed E-state index contributed by atoms with van der Waals surface area (Å²) < 4.78 is 6.04. The average Bonchev–Trinajstić information content (AvgIpc) is 3.31. The van der Waals surface area contributed by atoms with Crippen molar-refractivity contribution in [2.75, 3.05) is 10.6 Å². The van der Waals surface area contributed by atoms with Crippen molar-refractivity contribution in [1.29, 1.82) is 0 Å². The molecule has 7 nitrogen and oxygen atoms in total. The van der Waals surface area contributed by atoms with Gasteiger partial charge in [-0.3, -0.25) is 9.36 Å². The van der Waals surface area contributed by atoms with E-state index in [1.807, 2.05) is 18.2 Å². The number of hydrogen-bond donors (Lipinski definition) is 2. The first-order chi connectivity index (χ1) is 13.7. The molecule has 2 aliphatic carbocycles. The molecule has 2 atom stereocenters. The van der Waals surface area contributed by atoms with Gasteiger partial charge < -0.3 is 10.6 Å². The van der Waals surface area contributed by atoms with Gasteiger partial charge in [-0.25, -0.2) is 9.97 Å². The van der Waals surface area contributed by atoms with Crippen molar-refractivity contribution < 1.29 is 0 Å². The quantitative estimate of drug-likeness (QED) is 0.667. The number of anilines is 2. The summed E-state index contributed by atoms with van der Waals surface area (Å²) in [6.45, 7) is 0. The van der Waals surface area contributed by atoms with Crippen LogP contribution in [-0.4, -0.2) is 31.0 Å². The van der Waals surface area contributed by atoms with Crippen molar-refractivity contribution in [2.45, 2.75) is 50.1 Å². The molecule has 0 unspecified atom stereocenters. The monoisotopic (exact) mass is 394 g/mol. The lowest BCUT2D eigenvalue weighted by Gasteiger charge is -2.15. The molecule has 3 aromatic heterocycles. The highest BCUT2D eigenvalue weighted by molar-refractivity contribution is 7.05. The van der Waals surface area contributed by atoms with Crippen molar-refractivity contribution in [2.24, 2.45) is 0 Å². The maximum atomic E-state index is 11.9. The summed E-state index contributed by atoms with van der Waals surface area (Å²) in [5.74, 6) is 2.28. The molecule has 5 rings (SSSR count). The van der Waals surface area contributed by atoms with Gasteiger partial charge in [-0.1, -0.05) is 6.07 Å². The summed E-state index contributed by atoms with van der Waals surface area (Å²) in [6, 6.07) is 9.73. The van der Waals surface area contributed by atoms with E-state index >= 15 is 0 Å². The molecule has 3 heterocycles. The molecule has 2 saturated carbocycles. The van der Waals surface area contributed by atoms with Crippen LogP contribution in [0.3, 0.4) is 0 Å². The van der Waals surface area contributed by atoms with Gasteiger partial charge in [-0.15, -0.1) is 0 Å². The summed E-state index contributed by atoms with van der Waals surface area (Å²) >= 11 is 1.53. The van der Waals surface area contributed by atoms with Gasteiger partial charge in [0.15, 0.2) is 0 Å². The summed E-state index contributed by atoms with van der Waals surface area (Å²) in [5.41, 5.74) is 0.707. The fourth-order valence-corrected chi connectivity index (χ4v) is 4.47. The number of aromatic nitrogens is 4. The van der Waals surface area contributed by atoms with Gasteiger partial charge in [0.25, 0.3) is 5.56 Å². The Morgan fingerprint density at radius 2 is 1.89 bits per heavy atom. The van der Waals surface area contributed by atoms with Crippen LogP contribution in [0, 0.1) is 0 Å². The standard InChI is InChI=1S/C20H22N6OS/c27-18-3-1-2-10-26(18)16-8-9-17(21-12-16)22-14-6-7-15(11-14)23-20-24-19(28-25-20)13-4-5-13/h1-3,8-10,12-15H,4-7,11H2,(H,21,22)(H,23,25)/t14-,15-/m0/s1. The maximum Gasteiger partial charge on any atom is 0.255 e. The highest BCUT2D eigenvalue weighted by Gasteiger charge is 2.29. The molecular weight excluding hydrogens is 372 g/mol. The molecule has 0 amide bonds. The average molecular weight is 395 g/mol. The van der Waals surface area contributed by atoms with Gasteiger partial charge in [0.05, 0.1) is 11.9 Å². The normalized spacial score (nSPS) is 21.6. The molecule has 144 valence electrons. The van der Waals surface area contributed by atoms with E-state index in [0.717, 1.165) is 36.7 Å². The zero-order valence-electron chi connectivity index (χ0n) is 15.4. The van der Waals surface area contributed by atoms with Crippen molar-refractivity contribution in [3.8, 4) is 5.69 Å². The van der Waals surface area contributed by atoms with E-state index in [-0.39, 0.29) is 5.56 Å². The SMILES string of the molecule is O=c1ccccn1-c1ccc(N[C@H]2CC[C@H](Nc3nsc(C4CC4)n3)C2)nc1. The first-order valence-electron chi connectivity index (χ1n) is 9.75. The molecule has 0 aliphatic heterocycles. The van der Waals surface area contributed by atoms with E-state index in [9.17, 15) is 4.79 Å². The minimum Gasteiger partial charge on any atom is -0.367 e. The second-order valence-electron chi connectivity index (χ2n) is 7.54. The summed E-state index contributed by atoms with van der Waals surface area (Å²) in [6.07, 6.45) is 9.18. The minimum absolute atomic E-state index is 0.0600. The highest BCUT2D eigenvalue weighted by Crippen LogP contribution is 2.41. The molecule has 2 fully saturated rings. The molecule has 0 bridgehead atoms. The Kier molecular flexibility index (Phi) is 4.56. The number of pyridine rings is 2. The van der Waals surface area contributed by atoms with E-state index in [1.165, 1.54) is 29.4 Å². The third-order valence-corrected chi connectivity index (χ3v) is 6.21. The van der Waals surface area contributed by atoms with E-state index < -0.39 is 0 Å². The number of rotatable bonds is 6. The predicted molar refractivity (Wildman–Crippen MR) is 110 cm³/mol. The van der Waals surface area contributed by atoms with Gasteiger partial charge >= 0.3 is 0 Å². The van der Waals surface area contributed by atoms with Crippen LogP contribution in [0.5, 0.6) is 0 Å². The lowest BCUT2D eigenvalue weighted by atomic mass is 10.2. The van der Waals surface area contributed by atoms with E-state index in [4.69, 9.17) is 0 Å². The van der Waals surface area contributed by atoms with Crippen LogP contribution in [0.4, 0.5) is 11.8 Å². The lowest BCUT2D eigenvalue weighted by Crippen LogP contribution is -2.21. The minimum atomic E-state index is -0.0600. The summed E-state index contributed by atoms with van der Waals surface area (Å²) in [7, 11) is 0. The molecule has 2 N–H and O–H groups in total. The first-order valence-corrected chi connectivity index (χ1v) is 10.5. The van der Waals surface area contributed by atoms with Gasteiger partial charge in [0.2, 0.25) is 5.95 Å². The van der Waals surface area contributed by atoms with Crippen LogP contribution in [0.25, 0.3) is 5.69 Å². The topological polar surface area (TPSA) is 84.7 Å². The van der Waals surface area contributed by atoms with E-state index in [0.29, 0.717) is 18.0 Å². The smallest absolute Gasteiger partial charge is 0.255 e. The van der Waals surface area contributed by atoms with Crippen molar-refractivity contribution >= 4 is 23.3 Å². The van der Waals surface area contributed by atoms with Crippen LogP contribution in [-0.2, 0) is 0 Å². The molecule has 0 spiro atoms. The molecule has 8 heteroatoms. The van der Waals surface area contributed by atoms with E-state index in [1.54, 1.807) is 29.1 Å². The fourth-order valence-electron chi connectivity index (χ4n) is 3.68. The maximum absolute atomic E-state index is 11.9. The van der Waals surface area contributed by atoms with Gasteiger partial charge in [-0.05, 0) is 61.8 Å². The van der Waals surface area contributed by atoms with Gasteiger partial charge in [0, 0.05) is 30.3 Å². The molecule has 0 aromatic carbocycles. The second-order valence-corrected chi connectivity index (χ2v) is 8.32. The second kappa shape index (κ2) is 7.35. The largest absolute Gasteiger partial charge is 0.367 e.